The van der Waals surface area contributed by atoms with Crippen molar-refractivity contribution in [2.45, 2.75) is 45.8 Å². The lowest BCUT2D eigenvalue weighted by molar-refractivity contribution is -0.142. The summed E-state index contributed by atoms with van der Waals surface area (Å²) in [6, 6.07) is 10.2. The molecule has 1 N–H and O–H groups in total. The number of carbonyl (C=O) groups excluding carboxylic acids is 2. The number of nitrogens with zero attached hydrogens (tertiary/aromatic N) is 1. The fraction of sp³-hybridized carbons (Fsp3) is 0.417. The van der Waals surface area contributed by atoms with Crippen molar-refractivity contribution in [1.29, 1.82) is 0 Å². The van der Waals surface area contributed by atoms with Crippen molar-refractivity contribution in [1.82, 2.24) is 10.2 Å². The molecule has 1 atom stereocenters. The maximum Gasteiger partial charge on any atom is 0.261 e. The highest BCUT2D eigenvalue weighted by atomic mass is 19.1. The molecule has 0 aromatic heterocycles. The maximum absolute atomic E-state index is 14.3. The molecule has 0 bridgehead atoms. The van der Waals surface area contributed by atoms with Crippen molar-refractivity contribution in [3.8, 4) is 17.2 Å². The maximum atomic E-state index is 14.3. The van der Waals surface area contributed by atoms with Crippen LogP contribution in [0.15, 0.2) is 42.5 Å². The number of rotatable bonds is 9. The van der Waals surface area contributed by atoms with Gasteiger partial charge in [-0.3, -0.25) is 9.59 Å². The van der Waals surface area contributed by atoms with E-state index >= 15 is 0 Å². The van der Waals surface area contributed by atoms with Gasteiger partial charge in [-0.2, -0.15) is 0 Å². The summed E-state index contributed by atoms with van der Waals surface area (Å²) in [5.41, 5.74) is -0.176. The van der Waals surface area contributed by atoms with E-state index in [0.29, 0.717) is 22.8 Å². The predicted octanol–water partition coefficient (Wildman–Crippen LogP) is 3.55. The monoisotopic (exact) mass is 446 g/mol. The summed E-state index contributed by atoms with van der Waals surface area (Å²) in [6.45, 7) is 6.72. The van der Waals surface area contributed by atoms with Gasteiger partial charge in [0.05, 0.1) is 14.2 Å². The smallest absolute Gasteiger partial charge is 0.261 e. The minimum Gasteiger partial charge on any atom is -0.496 e. The molecular weight excluding hydrogens is 415 g/mol. The zero-order valence-corrected chi connectivity index (χ0v) is 19.4. The number of halogens is 1. The molecule has 8 heteroatoms. The number of benzene rings is 2. The highest BCUT2D eigenvalue weighted by Gasteiger charge is 2.29. The highest BCUT2D eigenvalue weighted by Crippen LogP contribution is 2.27. The van der Waals surface area contributed by atoms with Crippen LogP contribution in [-0.2, 0) is 16.1 Å². The van der Waals surface area contributed by atoms with E-state index in [-0.39, 0.29) is 19.1 Å². The van der Waals surface area contributed by atoms with Gasteiger partial charge in [0.15, 0.2) is 6.61 Å². The van der Waals surface area contributed by atoms with Crippen LogP contribution in [0.25, 0.3) is 0 Å². The van der Waals surface area contributed by atoms with Crippen LogP contribution < -0.4 is 19.5 Å². The van der Waals surface area contributed by atoms with Crippen molar-refractivity contribution < 1.29 is 28.2 Å². The molecule has 2 amide bonds. The van der Waals surface area contributed by atoms with E-state index in [0.717, 1.165) is 0 Å². The summed E-state index contributed by atoms with van der Waals surface area (Å²) in [6.07, 6.45) is 0. The van der Waals surface area contributed by atoms with Crippen molar-refractivity contribution in [3.05, 3.63) is 53.8 Å². The molecular formula is C24H31FN2O5. The van der Waals surface area contributed by atoms with E-state index in [1.54, 1.807) is 43.3 Å². The lowest BCUT2D eigenvalue weighted by Gasteiger charge is -2.31. The Labute approximate surface area is 188 Å². The van der Waals surface area contributed by atoms with Gasteiger partial charge in [-0.05, 0) is 33.8 Å². The summed E-state index contributed by atoms with van der Waals surface area (Å²) in [5, 5.41) is 2.86. The van der Waals surface area contributed by atoms with Crippen molar-refractivity contribution in [2.24, 2.45) is 0 Å². The zero-order chi connectivity index (χ0) is 23.9. The van der Waals surface area contributed by atoms with E-state index in [9.17, 15) is 14.0 Å². The van der Waals surface area contributed by atoms with Gasteiger partial charge in [-0.1, -0.05) is 18.2 Å². The van der Waals surface area contributed by atoms with Crippen LogP contribution in [0.5, 0.6) is 17.2 Å². The fourth-order valence-corrected chi connectivity index (χ4v) is 2.96. The van der Waals surface area contributed by atoms with Crippen LogP contribution >= 0.6 is 0 Å². The normalized spacial score (nSPS) is 12.0. The van der Waals surface area contributed by atoms with Crippen molar-refractivity contribution in [2.75, 3.05) is 20.8 Å². The molecule has 2 aromatic rings. The molecule has 174 valence electrons. The summed E-state index contributed by atoms with van der Waals surface area (Å²) >= 11 is 0. The van der Waals surface area contributed by atoms with Gasteiger partial charge in [0.1, 0.15) is 29.1 Å². The second-order valence-electron chi connectivity index (χ2n) is 8.37. The Morgan fingerprint density at radius 1 is 1.03 bits per heavy atom. The van der Waals surface area contributed by atoms with E-state index < -0.39 is 23.3 Å². The van der Waals surface area contributed by atoms with E-state index in [1.807, 2.05) is 20.8 Å². The van der Waals surface area contributed by atoms with Crippen LogP contribution in [0.3, 0.4) is 0 Å². The van der Waals surface area contributed by atoms with Crippen LogP contribution in [0.1, 0.15) is 33.3 Å². The minimum absolute atomic E-state index is 0.0744. The van der Waals surface area contributed by atoms with Gasteiger partial charge in [0.2, 0.25) is 5.91 Å². The molecule has 0 heterocycles. The van der Waals surface area contributed by atoms with E-state index in [1.165, 1.54) is 25.2 Å². The van der Waals surface area contributed by atoms with Crippen LogP contribution in [0.2, 0.25) is 0 Å². The highest BCUT2D eigenvalue weighted by molar-refractivity contribution is 5.88. The van der Waals surface area contributed by atoms with Gasteiger partial charge in [-0.25, -0.2) is 4.39 Å². The number of amides is 2. The summed E-state index contributed by atoms with van der Waals surface area (Å²) < 4.78 is 30.3. The van der Waals surface area contributed by atoms with Gasteiger partial charge < -0.3 is 24.4 Å². The fourth-order valence-electron chi connectivity index (χ4n) is 2.96. The van der Waals surface area contributed by atoms with Gasteiger partial charge in [0.25, 0.3) is 5.91 Å². The predicted molar refractivity (Wildman–Crippen MR) is 119 cm³/mol. The average molecular weight is 447 g/mol. The first kappa shape index (κ1) is 25.0. The molecule has 2 aromatic carbocycles. The Balaban J connectivity index is 2.23. The summed E-state index contributed by atoms with van der Waals surface area (Å²) in [7, 11) is 3.02. The SMILES string of the molecule is COc1cc(OC)cc(OCC(=O)N(Cc2ccccc2F)[C@@H](C)C(=O)NC(C)(C)C)c1. The molecule has 0 fully saturated rings. The third-order valence-electron chi connectivity index (χ3n) is 4.65. The zero-order valence-electron chi connectivity index (χ0n) is 19.4. The van der Waals surface area contributed by atoms with Crippen molar-refractivity contribution >= 4 is 11.8 Å². The third kappa shape index (κ3) is 7.14. The molecule has 0 saturated carbocycles. The Kier molecular flexibility index (Phi) is 8.46. The molecule has 32 heavy (non-hydrogen) atoms. The van der Waals surface area contributed by atoms with Crippen molar-refractivity contribution in [3.63, 3.8) is 0 Å². The first-order valence-corrected chi connectivity index (χ1v) is 10.2. The van der Waals surface area contributed by atoms with Crippen LogP contribution in [0.4, 0.5) is 4.39 Å². The molecule has 0 saturated heterocycles. The summed E-state index contributed by atoms with van der Waals surface area (Å²) in [5.74, 6) is 0.122. The molecule has 0 aliphatic carbocycles. The average Bonchev–Trinajstić information content (AvgIpc) is 2.74. The lowest BCUT2D eigenvalue weighted by Crippen LogP contribution is -2.53. The van der Waals surface area contributed by atoms with E-state index in [4.69, 9.17) is 14.2 Å². The van der Waals surface area contributed by atoms with Crippen LogP contribution in [-0.4, -0.2) is 49.1 Å². The Morgan fingerprint density at radius 2 is 1.59 bits per heavy atom. The number of hydrogen-bond acceptors (Lipinski definition) is 5. The number of hydrogen-bond donors (Lipinski definition) is 1. The largest absolute Gasteiger partial charge is 0.496 e. The Bertz CT molecular complexity index is 920. The van der Waals surface area contributed by atoms with Gasteiger partial charge in [-0.15, -0.1) is 0 Å². The molecule has 0 radical (unpaired) electrons. The summed E-state index contributed by atoms with van der Waals surface area (Å²) in [4.78, 5) is 27.1. The van der Waals surface area contributed by atoms with Crippen LogP contribution in [0, 0.1) is 5.82 Å². The lowest BCUT2D eigenvalue weighted by atomic mass is 10.1. The third-order valence-corrected chi connectivity index (χ3v) is 4.65. The second-order valence-corrected chi connectivity index (χ2v) is 8.37. The number of nitrogens with one attached hydrogen (secondary N) is 1. The number of carbonyl (C=O) groups is 2. The first-order valence-electron chi connectivity index (χ1n) is 10.2. The minimum atomic E-state index is -0.843. The number of ether oxygens (including phenoxy) is 3. The molecule has 0 spiro atoms. The second kappa shape index (κ2) is 10.8. The molecule has 7 nitrogen and oxygen atoms in total. The van der Waals surface area contributed by atoms with Gasteiger partial charge in [0, 0.05) is 35.8 Å². The quantitative estimate of drug-likeness (QED) is 0.638. The molecule has 2 rings (SSSR count). The molecule has 0 unspecified atom stereocenters. The molecule has 0 aliphatic heterocycles. The topological polar surface area (TPSA) is 77.1 Å². The molecule has 0 aliphatic rings. The first-order chi connectivity index (χ1) is 15.0. The van der Waals surface area contributed by atoms with Gasteiger partial charge >= 0.3 is 0 Å². The van der Waals surface area contributed by atoms with E-state index in [2.05, 4.69) is 5.32 Å². The Hall–Kier alpha value is -3.29. The Morgan fingerprint density at radius 3 is 2.12 bits per heavy atom. The standard InChI is InChI=1S/C24H31FN2O5/c1-16(23(29)26-24(2,3)4)27(14-17-9-7-8-10-21(17)25)22(28)15-32-20-12-18(30-5)11-19(13-20)31-6/h7-13,16H,14-15H2,1-6H3,(H,26,29)/t16-/m0/s1. The number of methoxy groups -OCH3 is 2.